The Balaban J connectivity index is 0. The molecule has 0 aromatic heterocycles. The molecule has 3 saturated carbocycles. The summed E-state index contributed by atoms with van der Waals surface area (Å²) in [5.41, 5.74) is 9.55. The van der Waals surface area contributed by atoms with E-state index in [-0.39, 0.29) is 34.0 Å². The van der Waals surface area contributed by atoms with Crippen LogP contribution in [-0.4, -0.2) is 122 Å². The topological polar surface area (TPSA) is 192 Å². The van der Waals surface area contributed by atoms with Crippen LogP contribution in [0.1, 0.15) is 157 Å². The van der Waals surface area contributed by atoms with Crippen molar-refractivity contribution in [3.05, 3.63) is 0 Å². The van der Waals surface area contributed by atoms with E-state index in [4.69, 9.17) is 35.6 Å². The zero-order chi connectivity index (χ0) is 49.2. The number of aldehydes is 1. The van der Waals surface area contributed by atoms with E-state index in [0.29, 0.717) is 19.3 Å². The van der Waals surface area contributed by atoms with Crippen molar-refractivity contribution in [1.82, 2.24) is 10.6 Å². The SMILES string of the molecule is CC(C)(C)OC(=O)CC1(CNCCS)CCCCC1.COC1(CC(=O)OC(C)(C)C)CCCCC1.NCCSSCCN.O=C(O)CC1(CNCCS)CCCCC1.O=CC(F)(F)F. The van der Waals surface area contributed by atoms with Gasteiger partial charge in [0.1, 0.15) is 11.2 Å². The normalized spacial score (nSPS) is 17.8. The van der Waals surface area contributed by atoms with Crippen molar-refractivity contribution in [2.45, 2.75) is 180 Å². The highest BCUT2D eigenvalue weighted by Crippen LogP contribution is 2.40. The van der Waals surface area contributed by atoms with Gasteiger partial charge in [0.25, 0.3) is 0 Å². The molecule has 0 aliphatic heterocycles. The molecule has 0 atom stereocenters. The summed E-state index contributed by atoms with van der Waals surface area (Å²) in [5, 5.41) is 15.7. The Morgan fingerprint density at radius 3 is 1.30 bits per heavy atom. The number of esters is 2. The van der Waals surface area contributed by atoms with Crippen LogP contribution in [0.2, 0.25) is 0 Å². The van der Waals surface area contributed by atoms with Crippen LogP contribution in [0.3, 0.4) is 0 Å². The van der Waals surface area contributed by atoms with E-state index in [0.717, 1.165) is 114 Å². The maximum absolute atomic E-state index is 12.1. The van der Waals surface area contributed by atoms with E-state index in [1.165, 1.54) is 44.9 Å². The number of hydrogen-bond donors (Lipinski definition) is 7. The number of methoxy groups -OCH3 is 1. The third-order valence-corrected chi connectivity index (χ3v) is 13.5. The Bertz CT molecular complexity index is 1220. The smallest absolute Gasteiger partial charge is 0.446 e. The number of carbonyl (C=O) groups is 4. The number of rotatable bonds is 20. The highest BCUT2D eigenvalue weighted by molar-refractivity contribution is 8.76. The Hall–Kier alpha value is -0.930. The lowest BCUT2D eigenvalue weighted by molar-refractivity contribution is -0.163. The number of hydrogen-bond acceptors (Lipinski definition) is 15. The first kappa shape index (κ1) is 65.2. The summed E-state index contributed by atoms with van der Waals surface area (Å²) >= 11 is 8.35. The Morgan fingerprint density at radius 2 is 1.00 bits per heavy atom. The van der Waals surface area contributed by atoms with E-state index < -0.39 is 24.0 Å². The summed E-state index contributed by atoms with van der Waals surface area (Å²) in [6, 6.07) is 0. The quantitative estimate of drug-likeness (QED) is 0.0201. The van der Waals surface area contributed by atoms with Crippen molar-refractivity contribution in [1.29, 1.82) is 0 Å². The highest BCUT2D eigenvalue weighted by Gasteiger charge is 2.37. The third kappa shape index (κ3) is 37.1. The molecule has 0 heterocycles. The molecule has 0 aromatic carbocycles. The fourth-order valence-electron chi connectivity index (χ4n) is 7.81. The molecular weight excluding hydrogens is 910 g/mol. The van der Waals surface area contributed by atoms with Gasteiger partial charge < -0.3 is 41.4 Å². The molecule has 0 unspecified atom stereocenters. The van der Waals surface area contributed by atoms with E-state index in [9.17, 15) is 27.6 Å². The summed E-state index contributed by atoms with van der Waals surface area (Å²) in [6.45, 7) is 16.5. The number of carbonyl (C=O) groups excluding carboxylic acids is 3. The van der Waals surface area contributed by atoms with Crippen LogP contribution < -0.4 is 22.1 Å². The number of aliphatic carboxylic acids is 1. The Morgan fingerprint density at radius 1 is 0.656 bits per heavy atom. The van der Waals surface area contributed by atoms with Crippen LogP contribution in [0, 0.1) is 10.8 Å². The Kier molecular flexibility index (Phi) is 36.8. The number of ether oxygens (including phenoxy) is 3. The zero-order valence-electron chi connectivity index (χ0n) is 40.2. The molecule has 64 heavy (non-hydrogen) atoms. The van der Waals surface area contributed by atoms with Gasteiger partial charge in [-0.25, -0.2) is 0 Å². The van der Waals surface area contributed by atoms with Crippen molar-refractivity contribution in [2.24, 2.45) is 22.3 Å². The fraction of sp³-hybridized carbons (Fsp3) is 0.911. The lowest BCUT2D eigenvalue weighted by Crippen LogP contribution is -2.40. The first-order chi connectivity index (χ1) is 29.9. The molecule has 0 aromatic rings. The molecule has 7 N–H and O–H groups in total. The maximum atomic E-state index is 12.1. The van der Waals surface area contributed by atoms with Gasteiger partial charge in [0.2, 0.25) is 6.29 Å². The van der Waals surface area contributed by atoms with Gasteiger partial charge in [0.15, 0.2) is 0 Å². The van der Waals surface area contributed by atoms with Crippen LogP contribution >= 0.6 is 46.8 Å². The molecule has 0 spiro atoms. The average Bonchev–Trinajstić information content (AvgIpc) is 3.20. The van der Waals surface area contributed by atoms with Crippen LogP contribution in [0.5, 0.6) is 0 Å². The van der Waals surface area contributed by atoms with Crippen molar-refractivity contribution in [2.75, 3.05) is 69.4 Å². The third-order valence-electron chi connectivity index (χ3n) is 10.6. The molecule has 380 valence electrons. The largest absolute Gasteiger partial charge is 0.481 e. The van der Waals surface area contributed by atoms with Crippen LogP contribution in [-0.2, 0) is 33.4 Å². The fourth-order valence-corrected chi connectivity index (χ4v) is 9.84. The minimum Gasteiger partial charge on any atom is -0.481 e. The van der Waals surface area contributed by atoms with E-state index >= 15 is 0 Å². The average molecular weight is 997 g/mol. The summed E-state index contributed by atoms with van der Waals surface area (Å²) in [5.74, 6) is 2.85. The molecule has 3 rings (SSSR count). The first-order valence-electron chi connectivity index (χ1n) is 22.9. The van der Waals surface area contributed by atoms with Crippen molar-refractivity contribution in [3.8, 4) is 0 Å². The minimum absolute atomic E-state index is 0.00698. The van der Waals surface area contributed by atoms with Gasteiger partial charge in [-0.1, -0.05) is 79.4 Å². The molecule has 0 radical (unpaired) electrons. The lowest BCUT2D eigenvalue weighted by atomic mass is 9.71. The first-order valence-corrected chi connectivity index (χ1v) is 26.7. The molecule has 0 amide bonds. The summed E-state index contributed by atoms with van der Waals surface area (Å²) in [6.07, 6.45) is 12.8. The second kappa shape index (κ2) is 36.1. The lowest BCUT2D eigenvalue weighted by Gasteiger charge is -2.37. The van der Waals surface area contributed by atoms with E-state index in [1.807, 2.05) is 41.5 Å². The van der Waals surface area contributed by atoms with Gasteiger partial charge in [-0.15, -0.1) is 0 Å². The number of nitrogens with one attached hydrogen (secondary N) is 2. The summed E-state index contributed by atoms with van der Waals surface area (Å²) in [7, 11) is 5.28. The summed E-state index contributed by atoms with van der Waals surface area (Å²) < 4.78 is 47.7. The highest BCUT2D eigenvalue weighted by atomic mass is 33.1. The molecule has 3 fully saturated rings. The molecule has 0 bridgehead atoms. The van der Waals surface area contributed by atoms with Crippen LogP contribution in [0.15, 0.2) is 0 Å². The number of thiol groups is 2. The molecule has 12 nitrogen and oxygen atoms in total. The zero-order valence-corrected chi connectivity index (χ0v) is 43.6. The Labute approximate surface area is 403 Å². The standard InChI is InChI=1S/C15H29NO2S.C13H24O3.C11H21NO2S.C4H12N2S2.C2HF3O/c1-14(2,3)18-13(17)11-15(12-16-9-10-19)7-5-4-6-8-15;1-12(2,3)16-11(14)10-13(15-4)8-6-5-7-9-13;13-10(14)8-11(9-12-6-7-15)4-2-1-3-5-11;5-1-3-7-8-4-2-6;3-2(4,5)1-6/h16,19H,4-12H2,1-3H3;5-10H2,1-4H3;12,15H,1-9H2,(H,13,14);1-6H2;1H. The summed E-state index contributed by atoms with van der Waals surface area (Å²) in [4.78, 5) is 43.5. The molecule has 3 aliphatic carbocycles. The predicted octanol–water partition coefficient (Wildman–Crippen LogP) is 9.22. The maximum Gasteiger partial charge on any atom is 0.446 e. The molecule has 0 saturated heterocycles. The van der Waals surface area contributed by atoms with Gasteiger partial charge >= 0.3 is 24.1 Å². The van der Waals surface area contributed by atoms with Crippen molar-refractivity contribution >= 4 is 71.0 Å². The number of carboxylic acid groups (broad SMARTS) is 1. The number of halogens is 3. The van der Waals surface area contributed by atoms with Gasteiger partial charge in [-0.2, -0.15) is 38.4 Å². The van der Waals surface area contributed by atoms with E-state index in [1.54, 1.807) is 28.7 Å². The minimum atomic E-state index is -4.64. The van der Waals surface area contributed by atoms with E-state index in [2.05, 4.69) is 35.9 Å². The molecular formula is C45H87F3N4O8S4. The van der Waals surface area contributed by atoms with Crippen molar-refractivity contribution < 1.29 is 51.7 Å². The van der Waals surface area contributed by atoms with Gasteiger partial charge in [0.05, 0.1) is 24.9 Å². The molecule has 3 aliphatic rings. The number of carboxylic acids is 1. The van der Waals surface area contributed by atoms with Gasteiger partial charge in [0, 0.05) is 69.4 Å². The van der Waals surface area contributed by atoms with Gasteiger partial charge in [-0.3, -0.25) is 19.2 Å². The second-order valence-electron chi connectivity index (χ2n) is 18.8. The monoisotopic (exact) mass is 997 g/mol. The second-order valence-corrected chi connectivity index (χ2v) is 22.4. The molecule has 19 heteroatoms. The number of nitrogens with two attached hydrogens (primary N) is 2. The van der Waals surface area contributed by atoms with Crippen LogP contribution in [0.25, 0.3) is 0 Å². The van der Waals surface area contributed by atoms with Crippen LogP contribution in [0.4, 0.5) is 13.2 Å². The predicted molar refractivity (Wildman–Crippen MR) is 266 cm³/mol. The van der Waals surface area contributed by atoms with Crippen molar-refractivity contribution in [3.63, 3.8) is 0 Å². The number of alkyl halides is 3. The van der Waals surface area contributed by atoms with Gasteiger partial charge in [-0.05, 0) is 90.9 Å².